The Morgan fingerprint density at radius 3 is 2.71 bits per heavy atom. The van der Waals surface area contributed by atoms with Gasteiger partial charge in [-0.25, -0.2) is 0 Å². The number of rotatable bonds is 5. The highest BCUT2D eigenvalue weighted by molar-refractivity contribution is 7.78. The summed E-state index contributed by atoms with van der Waals surface area (Å²) in [6, 6.07) is 12.5. The van der Waals surface area contributed by atoms with Gasteiger partial charge >= 0.3 is 0 Å². The van der Waals surface area contributed by atoms with E-state index in [0.717, 1.165) is 17.0 Å². The van der Waals surface area contributed by atoms with Gasteiger partial charge in [0, 0.05) is 10.6 Å². The quantitative estimate of drug-likeness (QED) is 0.525. The molecule has 7 heteroatoms. The van der Waals surface area contributed by atoms with Gasteiger partial charge in [0.2, 0.25) is 0 Å². The first-order valence-corrected chi connectivity index (χ1v) is 8.35. The summed E-state index contributed by atoms with van der Waals surface area (Å²) < 4.78 is 17.2. The molecule has 1 aliphatic rings. The minimum absolute atomic E-state index is 0.180. The molecule has 1 aliphatic heterocycles. The highest BCUT2D eigenvalue weighted by Crippen LogP contribution is 2.33. The van der Waals surface area contributed by atoms with Gasteiger partial charge in [-0.05, 0) is 48.6 Å². The van der Waals surface area contributed by atoms with Gasteiger partial charge in [0.05, 0.1) is 22.5 Å². The molecule has 3 rings (SSSR count). The van der Waals surface area contributed by atoms with E-state index in [-0.39, 0.29) is 6.10 Å². The Morgan fingerprint density at radius 1 is 1.21 bits per heavy atom. The molecule has 1 fully saturated rings. The Balaban J connectivity index is 1.55. The lowest BCUT2D eigenvalue weighted by atomic mass is 10.2. The van der Waals surface area contributed by atoms with Crippen LogP contribution in [0.2, 0.25) is 10.0 Å². The van der Waals surface area contributed by atoms with E-state index in [1.165, 1.54) is 0 Å². The van der Waals surface area contributed by atoms with Crippen molar-refractivity contribution in [2.75, 3.05) is 13.2 Å². The number of ether oxygens (including phenoxy) is 3. The van der Waals surface area contributed by atoms with E-state index in [4.69, 9.17) is 37.4 Å². The average molecular weight is 382 g/mol. The molecule has 0 spiro atoms. The van der Waals surface area contributed by atoms with Crippen molar-refractivity contribution in [2.45, 2.75) is 12.4 Å². The van der Waals surface area contributed by atoms with Gasteiger partial charge in [-0.1, -0.05) is 29.3 Å². The number of nitrogens with zero attached hydrogens (tertiary/aromatic N) is 1. The van der Waals surface area contributed by atoms with E-state index in [1.54, 1.807) is 30.3 Å². The molecule has 2 unspecified atom stereocenters. The first-order chi connectivity index (χ1) is 11.7. The second-order valence-corrected chi connectivity index (χ2v) is 6.12. The Kier molecular flexibility index (Phi) is 5.85. The Morgan fingerprint density at radius 2 is 2.00 bits per heavy atom. The van der Waals surface area contributed by atoms with Crippen LogP contribution in [0, 0.1) is 0 Å². The van der Waals surface area contributed by atoms with Gasteiger partial charge in [-0.3, -0.25) is 0 Å². The number of halogens is 2. The fourth-order valence-corrected chi connectivity index (χ4v) is 2.85. The third-order valence-electron chi connectivity index (χ3n) is 3.41. The van der Waals surface area contributed by atoms with Gasteiger partial charge < -0.3 is 14.2 Å². The van der Waals surface area contributed by atoms with Crippen LogP contribution in [-0.2, 0) is 9.47 Å². The molecule has 0 amide bonds. The number of hydrogen-bond acceptors (Lipinski definition) is 5. The zero-order chi connectivity index (χ0) is 16.9. The van der Waals surface area contributed by atoms with Gasteiger partial charge in [0.15, 0.2) is 6.29 Å². The van der Waals surface area contributed by atoms with Crippen LogP contribution in [0.3, 0.4) is 0 Å². The van der Waals surface area contributed by atoms with E-state index in [9.17, 15) is 0 Å². The summed E-state index contributed by atoms with van der Waals surface area (Å²) >= 11 is 16.6. The molecule has 0 bridgehead atoms. The van der Waals surface area contributed by atoms with Crippen molar-refractivity contribution < 1.29 is 14.2 Å². The SMILES string of the molecule is S=C=Nc1ccc(OCC2COC(c3ccc(Cl)cc3Cl)O2)cc1. The minimum Gasteiger partial charge on any atom is -0.491 e. The smallest absolute Gasteiger partial charge is 0.185 e. The molecular formula is C17H13Cl2NO3S. The molecule has 0 aliphatic carbocycles. The maximum atomic E-state index is 6.17. The van der Waals surface area contributed by atoms with Crippen LogP contribution < -0.4 is 4.74 Å². The molecule has 1 saturated heterocycles. The third kappa shape index (κ3) is 4.33. The molecule has 0 saturated carbocycles. The van der Waals surface area contributed by atoms with Gasteiger partial charge in [0.25, 0.3) is 0 Å². The average Bonchev–Trinajstić information content (AvgIpc) is 3.03. The topological polar surface area (TPSA) is 40.0 Å². The van der Waals surface area contributed by atoms with Crippen molar-refractivity contribution in [1.29, 1.82) is 0 Å². The summed E-state index contributed by atoms with van der Waals surface area (Å²) in [6.07, 6.45) is -0.692. The largest absolute Gasteiger partial charge is 0.491 e. The molecule has 0 aromatic heterocycles. The Bertz CT molecular complexity index is 763. The van der Waals surface area contributed by atoms with Crippen molar-refractivity contribution in [3.63, 3.8) is 0 Å². The number of benzene rings is 2. The zero-order valence-corrected chi connectivity index (χ0v) is 14.8. The van der Waals surface area contributed by atoms with Crippen LogP contribution in [0.25, 0.3) is 0 Å². The minimum atomic E-state index is -0.511. The maximum absolute atomic E-state index is 6.17. The lowest BCUT2D eigenvalue weighted by Crippen LogP contribution is -2.19. The fraction of sp³-hybridized carbons (Fsp3) is 0.235. The number of hydrogen-bond donors (Lipinski definition) is 0. The summed E-state index contributed by atoms with van der Waals surface area (Å²) in [5.74, 6) is 0.717. The van der Waals surface area contributed by atoms with E-state index in [2.05, 4.69) is 22.4 Å². The molecule has 24 heavy (non-hydrogen) atoms. The number of aliphatic imine (C=N–C) groups is 1. The monoisotopic (exact) mass is 381 g/mol. The summed E-state index contributed by atoms with van der Waals surface area (Å²) in [5.41, 5.74) is 1.49. The van der Waals surface area contributed by atoms with E-state index < -0.39 is 6.29 Å². The Labute approximate surface area is 155 Å². The number of thiocarbonyl (C=S) groups is 1. The van der Waals surface area contributed by atoms with Crippen LogP contribution >= 0.6 is 35.4 Å². The van der Waals surface area contributed by atoms with Crippen LogP contribution in [0.4, 0.5) is 5.69 Å². The molecule has 0 N–H and O–H groups in total. The molecule has 2 aromatic carbocycles. The summed E-state index contributed by atoms with van der Waals surface area (Å²) in [7, 11) is 0. The van der Waals surface area contributed by atoms with Crippen molar-refractivity contribution in [3.05, 3.63) is 58.1 Å². The van der Waals surface area contributed by atoms with Gasteiger partial charge in [0.1, 0.15) is 18.5 Å². The van der Waals surface area contributed by atoms with E-state index in [1.807, 2.05) is 12.1 Å². The molecule has 4 nitrogen and oxygen atoms in total. The van der Waals surface area contributed by atoms with Crippen molar-refractivity contribution in [3.8, 4) is 5.75 Å². The van der Waals surface area contributed by atoms with Crippen LogP contribution in [0.5, 0.6) is 5.75 Å². The second kappa shape index (κ2) is 8.08. The summed E-state index contributed by atoms with van der Waals surface area (Å²) in [4.78, 5) is 3.89. The van der Waals surface area contributed by atoms with Crippen LogP contribution in [-0.4, -0.2) is 24.5 Å². The standard InChI is InChI=1S/C17H13Cl2NO3S/c18-11-1-6-15(16(19)7-11)17-22-9-14(23-17)8-21-13-4-2-12(3-5-13)20-10-24/h1-7,14,17H,8-9H2. The fourth-order valence-electron chi connectivity index (χ4n) is 2.25. The lowest BCUT2D eigenvalue weighted by molar-refractivity contribution is -0.0658. The third-order valence-corrected chi connectivity index (χ3v) is 4.07. The van der Waals surface area contributed by atoms with Crippen LogP contribution in [0.15, 0.2) is 47.5 Å². The summed E-state index contributed by atoms with van der Waals surface area (Å²) in [5, 5.41) is 3.41. The highest BCUT2D eigenvalue weighted by atomic mass is 35.5. The maximum Gasteiger partial charge on any atom is 0.185 e. The second-order valence-electron chi connectivity index (χ2n) is 5.10. The molecule has 2 atom stereocenters. The van der Waals surface area contributed by atoms with E-state index >= 15 is 0 Å². The molecule has 124 valence electrons. The lowest BCUT2D eigenvalue weighted by Gasteiger charge is -2.14. The Hall–Kier alpha value is -1.46. The zero-order valence-electron chi connectivity index (χ0n) is 12.4. The molecule has 0 radical (unpaired) electrons. The van der Waals surface area contributed by atoms with Gasteiger partial charge in [-0.15, -0.1) is 0 Å². The first kappa shape index (κ1) is 17.4. The van der Waals surface area contributed by atoms with Gasteiger partial charge in [-0.2, -0.15) is 4.99 Å². The van der Waals surface area contributed by atoms with Crippen molar-refractivity contribution in [2.24, 2.45) is 4.99 Å². The molecule has 1 heterocycles. The van der Waals surface area contributed by atoms with Crippen molar-refractivity contribution >= 4 is 46.3 Å². The predicted octanol–water partition coefficient (Wildman–Crippen LogP) is 5.22. The van der Waals surface area contributed by atoms with Crippen molar-refractivity contribution in [1.82, 2.24) is 0 Å². The molecular weight excluding hydrogens is 369 g/mol. The van der Waals surface area contributed by atoms with Crippen LogP contribution in [0.1, 0.15) is 11.9 Å². The first-order valence-electron chi connectivity index (χ1n) is 7.18. The summed E-state index contributed by atoms with van der Waals surface area (Å²) in [6.45, 7) is 0.800. The predicted molar refractivity (Wildman–Crippen MR) is 96.7 cm³/mol. The number of isothiocyanates is 1. The normalized spacial score (nSPS) is 19.8. The molecule has 2 aromatic rings. The van der Waals surface area contributed by atoms with E-state index in [0.29, 0.717) is 23.3 Å². The highest BCUT2D eigenvalue weighted by Gasteiger charge is 2.29.